The van der Waals surface area contributed by atoms with E-state index in [0.717, 1.165) is 23.5 Å². The average molecular weight is 376 g/mol. The molecule has 0 amide bonds. The molecule has 2 aromatic carbocycles. The predicted molar refractivity (Wildman–Crippen MR) is 112 cm³/mol. The number of benzene rings is 2. The summed E-state index contributed by atoms with van der Waals surface area (Å²) in [4.78, 5) is 20.8. The largest absolute Gasteiger partial charge is 0.462 e. The van der Waals surface area contributed by atoms with Gasteiger partial charge in [-0.1, -0.05) is 25.1 Å². The minimum atomic E-state index is -0.326. The fourth-order valence-electron chi connectivity index (χ4n) is 2.81. The highest BCUT2D eigenvalue weighted by molar-refractivity contribution is 5.89. The van der Waals surface area contributed by atoms with E-state index in [1.54, 1.807) is 19.1 Å². The number of aryl methyl sites for hydroxylation is 2. The first-order valence-electron chi connectivity index (χ1n) is 9.34. The highest BCUT2D eigenvalue weighted by Crippen LogP contribution is 2.22. The molecule has 0 saturated carbocycles. The van der Waals surface area contributed by atoms with E-state index in [1.807, 2.05) is 43.3 Å². The van der Waals surface area contributed by atoms with Gasteiger partial charge in [0, 0.05) is 23.1 Å². The fourth-order valence-corrected chi connectivity index (χ4v) is 2.81. The van der Waals surface area contributed by atoms with Crippen molar-refractivity contribution in [3.8, 4) is 0 Å². The molecule has 2 N–H and O–H groups in total. The number of carbonyl (C=O) groups excluding carboxylic acids is 1. The quantitative estimate of drug-likeness (QED) is 0.565. The third-order valence-corrected chi connectivity index (χ3v) is 4.17. The van der Waals surface area contributed by atoms with Crippen LogP contribution in [-0.2, 0) is 11.2 Å². The number of esters is 1. The maximum atomic E-state index is 11.8. The second-order valence-corrected chi connectivity index (χ2v) is 6.28. The van der Waals surface area contributed by atoms with Crippen LogP contribution in [0.3, 0.4) is 0 Å². The number of anilines is 4. The summed E-state index contributed by atoms with van der Waals surface area (Å²) in [5, 5.41) is 6.56. The van der Waals surface area contributed by atoms with E-state index in [9.17, 15) is 4.79 Å². The maximum absolute atomic E-state index is 11.8. The van der Waals surface area contributed by atoms with Crippen LogP contribution in [0.1, 0.15) is 35.5 Å². The van der Waals surface area contributed by atoms with Gasteiger partial charge in [0.25, 0.3) is 0 Å². The van der Waals surface area contributed by atoms with Gasteiger partial charge in [0.2, 0.25) is 5.95 Å². The number of hydrogen-bond acceptors (Lipinski definition) is 6. The Bertz CT molecular complexity index is 955. The van der Waals surface area contributed by atoms with Crippen molar-refractivity contribution in [3.05, 3.63) is 71.4 Å². The van der Waals surface area contributed by atoms with Crippen LogP contribution in [0.2, 0.25) is 0 Å². The van der Waals surface area contributed by atoms with Gasteiger partial charge in [-0.25, -0.2) is 9.78 Å². The van der Waals surface area contributed by atoms with Gasteiger partial charge in [-0.2, -0.15) is 4.98 Å². The summed E-state index contributed by atoms with van der Waals surface area (Å²) in [5.41, 5.74) is 4.39. The smallest absolute Gasteiger partial charge is 0.338 e. The summed E-state index contributed by atoms with van der Waals surface area (Å²) in [6.45, 7) is 6.18. The second kappa shape index (κ2) is 8.99. The molecule has 0 spiro atoms. The lowest BCUT2D eigenvalue weighted by atomic mass is 10.1. The normalized spacial score (nSPS) is 10.4. The highest BCUT2D eigenvalue weighted by Gasteiger charge is 2.08. The molecule has 0 atom stereocenters. The number of aromatic nitrogens is 2. The van der Waals surface area contributed by atoms with Crippen molar-refractivity contribution in [2.45, 2.75) is 27.2 Å². The summed E-state index contributed by atoms with van der Waals surface area (Å²) < 4.78 is 5.00. The van der Waals surface area contributed by atoms with Gasteiger partial charge in [-0.3, -0.25) is 0 Å². The van der Waals surface area contributed by atoms with E-state index in [0.29, 0.717) is 23.9 Å². The molecule has 144 valence electrons. The van der Waals surface area contributed by atoms with Crippen LogP contribution in [-0.4, -0.2) is 22.5 Å². The van der Waals surface area contributed by atoms with Crippen LogP contribution in [0.5, 0.6) is 0 Å². The first-order chi connectivity index (χ1) is 13.6. The number of hydrogen-bond donors (Lipinski definition) is 2. The second-order valence-electron chi connectivity index (χ2n) is 6.28. The standard InChI is InChI=1S/C22H24N4O2/c1-4-16-8-6-7-9-19(16)25-22-23-15(3)14-20(26-22)24-18-12-10-17(11-13-18)21(27)28-5-2/h6-14H,4-5H2,1-3H3,(H2,23,24,25,26). The summed E-state index contributed by atoms with van der Waals surface area (Å²) >= 11 is 0. The van der Waals surface area contributed by atoms with Gasteiger partial charge < -0.3 is 15.4 Å². The molecule has 0 saturated heterocycles. The van der Waals surface area contributed by atoms with E-state index in [-0.39, 0.29) is 5.97 Å². The van der Waals surface area contributed by atoms with Crippen molar-refractivity contribution in [2.24, 2.45) is 0 Å². The number of rotatable bonds is 7. The Morgan fingerprint density at radius 2 is 1.75 bits per heavy atom. The van der Waals surface area contributed by atoms with Crippen molar-refractivity contribution < 1.29 is 9.53 Å². The zero-order chi connectivity index (χ0) is 19.9. The molecule has 6 nitrogen and oxygen atoms in total. The summed E-state index contributed by atoms with van der Waals surface area (Å²) in [6, 6.07) is 17.1. The van der Waals surface area contributed by atoms with E-state index >= 15 is 0 Å². The van der Waals surface area contributed by atoms with Crippen molar-refractivity contribution in [2.75, 3.05) is 17.2 Å². The number of ether oxygens (including phenoxy) is 1. The Hall–Kier alpha value is -3.41. The Morgan fingerprint density at radius 1 is 1.00 bits per heavy atom. The molecule has 1 aromatic heterocycles. The third kappa shape index (κ3) is 4.85. The van der Waals surface area contributed by atoms with E-state index in [2.05, 4.69) is 33.6 Å². The molecule has 0 bridgehead atoms. The minimum absolute atomic E-state index is 0.326. The third-order valence-electron chi connectivity index (χ3n) is 4.17. The molecular weight excluding hydrogens is 352 g/mol. The molecule has 28 heavy (non-hydrogen) atoms. The van der Waals surface area contributed by atoms with Crippen LogP contribution in [0, 0.1) is 6.92 Å². The fraction of sp³-hybridized carbons (Fsp3) is 0.227. The van der Waals surface area contributed by atoms with Gasteiger partial charge in [0.1, 0.15) is 5.82 Å². The van der Waals surface area contributed by atoms with Crippen LogP contribution in [0.4, 0.5) is 23.1 Å². The molecule has 0 aliphatic carbocycles. The number of nitrogens with one attached hydrogen (secondary N) is 2. The van der Waals surface area contributed by atoms with Gasteiger partial charge in [0.05, 0.1) is 12.2 Å². The monoisotopic (exact) mass is 376 g/mol. The van der Waals surface area contributed by atoms with Crippen molar-refractivity contribution >= 4 is 29.1 Å². The molecule has 3 rings (SSSR count). The Morgan fingerprint density at radius 3 is 2.46 bits per heavy atom. The highest BCUT2D eigenvalue weighted by atomic mass is 16.5. The Labute approximate surface area is 165 Å². The van der Waals surface area contributed by atoms with Crippen molar-refractivity contribution in [1.29, 1.82) is 0 Å². The molecule has 1 heterocycles. The van der Waals surface area contributed by atoms with Gasteiger partial charge in [-0.15, -0.1) is 0 Å². The summed E-state index contributed by atoms with van der Waals surface area (Å²) in [7, 11) is 0. The van der Waals surface area contributed by atoms with E-state index in [4.69, 9.17) is 4.74 Å². The lowest BCUT2D eigenvalue weighted by Crippen LogP contribution is -2.05. The summed E-state index contributed by atoms with van der Waals surface area (Å²) in [5.74, 6) is 0.882. The number of carbonyl (C=O) groups is 1. The van der Waals surface area contributed by atoms with Gasteiger partial charge in [-0.05, 0) is 56.2 Å². The first kappa shape index (κ1) is 19.4. The molecule has 0 radical (unpaired) electrons. The van der Waals surface area contributed by atoms with Crippen LogP contribution < -0.4 is 10.6 Å². The van der Waals surface area contributed by atoms with Gasteiger partial charge >= 0.3 is 5.97 Å². The number of para-hydroxylation sites is 1. The zero-order valence-corrected chi connectivity index (χ0v) is 16.3. The van der Waals surface area contributed by atoms with Crippen LogP contribution in [0.15, 0.2) is 54.6 Å². The van der Waals surface area contributed by atoms with Gasteiger partial charge in [0.15, 0.2) is 0 Å². The first-order valence-corrected chi connectivity index (χ1v) is 9.34. The topological polar surface area (TPSA) is 76.1 Å². The zero-order valence-electron chi connectivity index (χ0n) is 16.3. The van der Waals surface area contributed by atoms with Crippen molar-refractivity contribution in [3.63, 3.8) is 0 Å². The predicted octanol–water partition coefficient (Wildman–Crippen LogP) is 5.01. The SMILES string of the molecule is CCOC(=O)c1ccc(Nc2cc(C)nc(Nc3ccccc3CC)n2)cc1. The molecular formula is C22H24N4O2. The maximum Gasteiger partial charge on any atom is 0.338 e. The molecule has 6 heteroatoms. The summed E-state index contributed by atoms with van der Waals surface area (Å²) in [6.07, 6.45) is 0.924. The molecule has 0 aliphatic rings. The Kier molecular flexibility index (Phi) is 6.22. The van der Waals surface area contributed by atoms with E-state index < -0.39 is 0 Å². The molecule has 0 aliphatic heterocycles. The van der Waals surface area contributed by atoms with Crippen molar-refractivity contribution in [1.82, 2.24) is 9.97 Å². The lowest BCUT2D eigenvalue weighted by molar-refractivity contribution is 0.0526. The number of nitrogens with zero attached hydrogens (tertiary/aromatic N) is 2. The molecule has 3 aromatic rings. The molecule has 0 fully saturated rings. The van der Waals surface area contributed by atoms with E-state index in [1.165, 1.54) is 5.56 Å². The average Bonchev–Trinajstić information content (AvgIpc) is 2.69. The lowest BCUT2D eigenvalue weighted by Gasteiger charge is -2.12. The van der Waals surface area contributed by atoms with Crippen LogP contribution >= 0.6 is 0 Å². The minimum Gasteiger partial charge on any atom is -0.462 e. The molecule has 0 unspecified atom stereocenters. The van der Waals surface area contributed by atoms with Crippen LogP contribution in [0.25, 0.3) is 0 Å². The Balaban J connectivity index is 1.77.